The first-order valence-corrected chi connectivity index (χ1v) is 6.05. The van der Waals surface area contributed by atoms with Gasteiger partial charge in [0.15, 0.2) is 5.84 Å². The first kappa shape index (κ1) is 15.7. The molecule has 20 heavy (non-hydrogen) atoms. The standard InChI is InChI=1S/C13H19FN4O2/c1-13(2,3)17-12(19)16-7-9-5-4-8(6-10(9)14)11(15)18-20/h4-6,20H,7H2,1-3H3,(H2,15,18)(H2,16,17,19). The number of rotatable bonds is 3. The summed E-state index contributed by atoms with van der Waals surface area (Å²) in [5, 5.41) is 16.6. The molecule has 1 rings (SSSR count). The molecule has 5 N–H and O–H groups in total. The predicted octanol–water partition coefficient (Wildman–Crippen LogP) is 1.52. The molecule has 0 spiro atoms. The van der Waals surface area contributed by atoms with Crippen molar-refractivity contribution in [3.05, 3.63) is 35.1 Å². The largest absolute Gasteiger partial charge is 0.409 e. The monoisotopic (exact) mass is 282 g/mol. The van der Waals surface area contributed by atoms with E-state index < -0.39 is 5.82 Å². The van der Waals surface area contributed by atoms with Gasteiger partial charge in [-0.2, -0.15) is 0 Å². The first-order valence-electron chi connectivity index (χ1n) is 6.05. The molecule has 110 valence electrons. The van der Waals surface area contributed by atoms with Gasteiger partial charge in [-0.25, -0.2) is 9.18 Å². The van der Waals surface area contributed by atoms with E-state index >= 15 is 0 Å². The van der Waals surface area contributed by atoms with Crippen molar-refractivity contribution in [3.8, 4) is 0 Å². The van der Waals surface area contributed by atoms with Crippen LogP contribution in [0.2, 0.25) is 0 Å². The Morgan fingerprint density at radius 1 is 1.45 bits per heavy atom. The molecule has 1 aromatic carbocycles. The number of hydrogen-bond donors (Lipinski definition) is 4. The number of nitrogens with two attached hydrogens (primary N) is 1. The second-order valence-corrected chi connectivity index (χ2v) is 5.35. The zero-order valence-electron chi connectivity index (χ0n) is 11.7. The Hall–Kier alpha value is -2.31. The highest BCUT2D eigenvalue weighted by Gasteiger charge is 2.14. The van der Waals surface area contributed by atoms with E-state index in [-0.39, 0.29) is 29.5 Å². The highest BCUT2D eigenvalue weighted by Crippen LogP contribution is 2.10. The number of amidine groups is 1. The van der Waals surface area contributed by atoms with E-state index in [0.717, 1.165) is 6.07 Å². The van der Waals surface area contributed by atoms with E-state index in [1.807, 2.05) is 20.8 Å². The minimum absolute atomic E-state index is 0.0458. The van der Waals surface area contributed by atoms with Crippen LogP contribution < -0.4 is 16.4 Å². The smallest absolute Gasteiger partial charge is 0.315 e. The molecule has 0 aliphatic heterocycles. The fourth-order valence-corrected chi connectivity index (χ4v) is 1.47. The molecule has 0 radical (unpaired) electrons. The second-order valence-electron chi connectivity index (χ2n) is 5.35. The molecule has 0 heterocycles. The van der Waals surface area contributed by atoms with Crippen LogP contribution in [0.3, 0.4) is 0 Å². The fraction of sp³-hybridized carbons (Fsp3) is 0.385. The molecule has 0 fully saturated rings. The molecule has 6 nitrogen and oxygen atoms in total. The molecule has 1 aromatic rings. The molecule has 7 heteroatoms. The number of nitrogens with one attached hydrogen (secondary N) is 2. The molecule has 2 amide bonds. The van der Waals surface area contributed by atoms with Gasteiger partial charge in [-0.1, -0.05) is 17.3 Å². The molecule has 0 bridgehead atoms. The number of halogens is 1. The van der Waals surface area contributed by atoms with Crippen molar-refractivity contribution in [2.45, 2.75) is 32.9 Å². The zero-order chi connectivity index (χ0) is 15.3. The maximum atomic E-state index is 13.8. The average Bonchev–Trinajstić information content (AvgIpc) is 2.34. The third-order valence-electron chi connectivity index (χ3n) is 2.38. The summed E-state index contributed by atoms with van der Waals surface area (Å²) in [6.07, 6.45) is 0. The van der Waals surface area contributed by atoms with Gasteiger partial charge in [0.05, 0.1) is 0 Å². The van der Waals surface area contributed by atoms with Crippen molar-refractivity contribution in [2.75, 3.05) is 0 Å². The molecular weight excluding hydrogens is 263 g/mol. The summed E-state index contributed by atoms with van der Waals surface area (Å²) in [6.45, 7) is 5.58. The molecule has 0 saturated carbocycles. The van der Waals surface area contributed by atoms with E-state index in [9.17, 15) is 9.18 Å². The summed E-state index contributed by atoms with van der Waals surface area (Å²) in [6, 6.07) is 3.75. The minimum atomic E-state index is -0.537. The zero-order valence-corrected chi connectivity index (χ0v) is 11.7. The van der Waals surface area contributed by atoms with Crippen LogP contribution in [0.15, 0.2) is 23.4 Å². The van der Waals surface area contributed by atoms with Gasteiger partial charge in [0, 0.05) is 23.2 Å². The first-order chi connectivity index (χ1) is 9.23. The Labute approximate surface area is 116 Å². The van der Waals surface area contributed by atoms with E-state index in [2.05, 4.69) is 15.8 Å². The van der Waals surface area contributed by atoms with Gasteiger partial charge in [-0.3, -0.25) is 0 Å². The van der Waals surface area contributed by atoms with Crippen LogP contribution in [0.4, 0.5) is 9.18 Å². The van der Waals surface area contributed by atoms with Gasteiger partial charge in [0.25, 0.3) is 0 Å². The summed E-state index contributed by atoms with van der Waals surface area (Å²) >= 11 is 0. The topological polar surface area (TPSA) is 99.7 Å². The van der Waals surface area contributed by atoms with Gasteiger partial charge in [-0.05, 0) is 26.8 Å². The number of hydrogen-bond acceptors (Lipinski definition) is 3. The molecule has 0 atom stereocenters. The van der Waals surface area contributed by atoms with Crippen molar-refractivity contribution in [3.63, 3.8) is 0 Å². The van der Waals surface area contributed by atoms with Crippen molar-refractivity contribution in [1.82, 2.24) is 10.6 Å². The second kappa shape index (κ2) is 6.23. The van der Waals surface area contributed by atoms with Crippen LogP contribution in [0.25, 0.3) is 0 Å². The summed E-state index contributed by atoms with van der Waals surface area (Å²) in [5.74, 6) is -0.709. The number of nitrogens with zero attached hydrogens (tertiary/aromatic N) is 1. The quantitative estimate of drug-likeness (QED) is 0.293. The van der Waals surface area contributed by atoms with Crippen LogP contribution in [-0.4, -0.2) is 22.6 Å². The van der Waals surface area contributed by atoms with Gasteiger partial charge < -0.3 is 21.6 Å². The highest BCUT2D eigenvalue weighted by molar-refractivity contribution is 5.97. The van der Waals surface area contributed by atoms with Gasteiger partial charge in [-0.15, -0.1) is 0 Å². The minimum Gasteiger partial charge on any atom is -0.409 e. The van der Waals surface area contributed by atoms with Crippen LogP contribution in [0, 0.1) is 5.82 Å². The van der Waals surface area contributed by atoms with Crippen molar-refractivity contribution < 1.29 is 14.4 Å². The van der Waals surface area contributed by atoms with Crippen molar-refractivity contribution in [2.24, 2.45) is 10.9 Å². The lowest BCUT2D eigenvalue weighted by Crippen LogP contribution is -2.46. The van der Waals surface area contributed by atoms with Gasteiger partial charge in [0.2, 0.25) is 0 Å². The van der Waals surface area contributed by atoms with E-state index in [1.54, 1.807) is 0 Å². The average molecular weight is 282 g/mol. The summed E-state index contributed by atoms with van der Waals surface area (Å²) in [4.78, 5) is 11.5. The molecule has 0 unspecified atom stereocenters. The Kier molecular flexibility index (Phi) is 4.90. The Morgan fingerprint density at radius 3 is 2.60 bits per heavy atom. The Balaban J connectivity index is 2.68. The van der Waals surface area contributed by atoms with Crippen molar-refractivity contribution >= 4 is 11.9 Å². The lowest BCUT2D eigenvalue weighted by atomic mass is 10.1. The molecule has 0 aliphatic carbocycles. The van der Waals surface area contributed by atoms with E-state index in [1.165, 1.54) is 12.1 Å². The normalized spacial score (nSPS) is 12.1. The Bertz CT molecular complexity index is 524. The third kappa shape index (κ3) is 4.75. The van der Waals surface area contributed by atoms with Crippen molar-refractivity contribution in [1.29, 1.82) is 0 Å². The maximum Gasteiger partial charge on any atom is 0.315 e. The number of amides is 2. The van der Waals surface area contributed by atoms with E-state index in [0.29, 0.717) is 5.56 Å². The summed E-state index contributed by atoms with van der Waals surface area (Å²) < 4.78 is 13.8. The number of oxime groups is 1. The fourth-order valence-electron chi connectivity index (χ4n) is 1.47. The lowest BCUT2D eigenvalue weighted by Gasteiger charge is -2.20. The molecule has 0 aliphatic rings. The maximum absolute atomic E-state index is 13.8. The Morgan fingerprint density at radius 2 is 2.10 bits per heavy atom. The number of benzene rings is 1. The summed E-state index contributed by atoms with van der Waals surface area (Å²) in [7, 11) is 0. The van der Waals surface area contributed by atoms with Crippen LogP contribution in [0.1, 0.15) is 31.9 Å². The lowest BCUT2D eigenvalue weighted by molar-refractivity contribution is 0.231. The van der Waals surface area contributed by atoms with Crippen LogP contribution >= 0.6 is 0 Å². The molecule has 0 aromatic heterocycles. The van der Waals surface area contributed by atoms with E-state index in [4.69, 9.17) is 10.9 Å². The van der Waals surface area contributed by atoms with Gasteiger partial charge in [0.1, 0.15) is 5.82 Å². The predicted molar refractivity (Wildman–Crippen MR) is 74.0 cm³/mol. The van der Waals surface area contributed by atoms with Crippen LogP contribution in [-0.2, 0) is 6.54 Å². The molecule has 0 saturated heterocycles. The van der Waals surface area contributed by atoms with Crippen LogP contribution in [0.5, 0.6) is 0 Å². The molecular formula is C13H19FN4O2. The number of carbonyl (C=O) groups is 1. The highest BCUT2D eigenvalue weighted by atomic mass is 19.1. The third-order valence-corrected chi connectivity index (χ3v) is 2.38. The SMILES string of the molecule is CC(C)(C)NC(=O)NCc1ccc(C(N)=NO)cc1F. The summed E-state index contributed by atoms with van der Waals surface area (Å²) in [5.41, 5.74) is 5.58. The number of carbonyl (C=O) groups excluding carboxylic acids is 1. The number of urea groups is 1. The van der Waals surface area contributed by atoms with Gasteiger partial charge >= 0.3 is 6.03 Å².